The number of carbonyl (C=O) groups is 2. The van der Waals surface area contributed by atoms with Gasteiger partial charge in [0.25, 0.3) is 0 Å². The van der Waals surface area contributed by atoms with Gasteiger partial charge in [-0.1, -0.05) is 12.1 Å². The van der Waals surface area contributed by atoms with Gasteiger partial charge in [0.05, 0.1) is 5.52 Å². The normalized spacial score (nSPS) is 10.9. The molecule has 0 spiro atoms. The molecule has 1 aromatic carbocycles. The largest absolute Gasteiger partial charge is 0.382 e. The lowest BCUT2D eigenvalue weighted by atomic mass is 10.1. The molecular weight excluding hydrogens is 356 g/mol. The van der Waals surface area contributed by atoms with Crippen LogP contribution in [0.15, 0.2) is 24.3 Å². The molecule has 0 aliphatic heterocycles. The number of nitrogens with two attached hydrogens (primary N) is 1. The summed E-state index contributed by atoms with van der Waals surface area (Å²) in [6.45, 7) is 8.26. The first kappa shape index (κ1) is 19.3. The van der Waals surface area contributed by atoms with Crippen LogP contribution in [0.5, 0.6) is 0 Å². The van der Waals surface area contributed by atoms with E-state index in [0.717, 1.165) is 22.6 Å². The Morgan fingerprint density at radius 3 is 2.64 bits per heavy atom. The number of urea groups is 1. The summed E-state index contributed by atoms with van der Waals surface area (Å²) in [5.41, 5.74) is 10.7. The molecule has 3 rings (SSSR count). The number of imidazole rings is 1. The van der Waals surface area contributed by atoms with Crippen LogP contribution in [-0.2, 0) is 6.54 Å². The van der Waals surface area contributed by atoms with Crippen LogP contribution in [0, 0.1) is 20.8 Å². The molecule has 0 atom stereocenters. The van der Waals surface area contributed by atoms with Gasteiger partial charge in [-0.05, 0) is 45.4 Å². The average molecular weight is 380 g/mol. The molecule has 0 saturated carbocycles. The van der Waals surface area contributed by atoms with E-state index in [4.69, 9.17) is 5.73 Å². The van der Waals surface area contributed by atoms with Crippen molar-refractivity contribution in [2.45, 2.75) is 34.2 Å². The number of rotatable bonds is 5. The van der Waals surface area contributed by atoms with Crippen LogP contribution >= 0.6 is 0 Å². The highest BCUT2D eigenvalue weighted by Gasteiger charge is 2.15. The Balaban J connectivity index is 1.68. The van der Waals surface area contributed by atoms with Crippen molar-refractivity contribution < 1.29 is 9.59 Å². The third-order valence-corrected chi connectivity index (χ3v) is 4.74. The number of pyridine rings is 1. The van der Waals surface area contributed by atoms with E-state index in [1.165, 1.54) is 6.92 Å². The van der Waals surface area contributed by atoms with Crippen LogP contribution in [0.1, 0.15) is 34.4 Å². The number of carbonyl (C=O) groups excluding carboxylic acids is 2. The number of benzene rings is 1. The number of aryl methyl sites for hydroxylation is 3. The molecule has 0 radical (unpaired) electrons. The Bertz CT molecular complexity index is 1070. The van der Waals surface area contributed by atoms with Gasteiger partial charge in [0.2, 0.25) is 0 Å². The van der Waals surface area contributed by atoms with Crippen LogP contribution in [0.4, 0.5) is 16.3 Å². The molecular formula is C20H24N6O2. The molecule has 0 aliphatic rings. The molecule has 0 saturated heterocycles. The van der Waals surface area contributed by atoms with Crippen molar-refractivity contribution >= 4 is 34.4 Å². The summed E-state index contributed by atoms with van der Waals surface area (Å²) < 4.78 is 2.03. The third-order valence-electron chi connectivity index (χ3n) is 4.74. The van der Waals surface area contributed by atoms with Crippen molar-refractivity contribution in [1.29, 1.82) is 0 Å². The fourth-order valence-electron chi connectivity index (χ4n) is 3.16. The van der Waals surface area contributed by atoms with E-state index in [2.05, 4.69) is 20.6 Å². The lowest BCUT2D eigenvalue weighted by molar-refractivity contribution is 0.101. The Labute approximate surface area is 163 Å². The molecule has 0 unspecified atom stereocenters. The molecule has 0 fully saturated rings. The number of nitrogens with one attached hydrogen (secondary N) is 2. The Morgan fingerprint density at radius 2 is 1.93 bits per heavy atom. The Hall–Kier alpha value is -3.42. The quantitative estimate of drug-likeness (QED) is 0.589. The van der Waals surface area contributed by atoms with Crippen molar-refractivity contribution in [3.63, 3.8) is 0 Å². The molecule has 2 amide bonds. The maximum atomic E-state index is 12.2. The zero-order valence-electron chi connectivity index (χ0n) is 16.5. The summed E-state index contributed by atoms with van der Waals surface area (Å²) >= 11 is 0. The Kier molecular flexibility index (Phi) is 5.30. The van der Waals surface area contributed by atoms with E-state index < -0.39 is 0 Å². The number of anilines is 2. The van der Waals surface area contributed by atoms with Crippen molar-refractivity contribution in [1.82, 2.24) is 19.9 Å². The van der Waals surface area contributed by atoms with Gasteiger partial charge in [0.15, 0.2) is 11.6 Å². The van der Waals surface area contributed by atoms with E-state index in [1.54, 1.807) is 24.3 Å². The minimum Gasteiger partial charge on any atom is -0.382 e. The van der Waals surface area contributed by atoms with E-state index in [1.807, 2.05) is 25.3 Å². The standard InChI is InChI=1S/C20H24N6O2/c1-11-12(2)23-19(21)17-18(11)26(14(4)24-17)9-8-22-20(28)25-16-7-5-6-15(10-16)13(3)27/h5-7,10H,8-9H2,1-4H3,(H2,21,23)(H2,22,25,28). The van der Waals surface area contributed by atoms with Crippen LogP contribution in [0.3, 0.4) is 0 Å². The maximum Gasteiger partial charge on any atom is 0.319 e. The topological polar surface area (TPSA) is 115 Å². The van der Waals surface area contributed by atoms with E-state index in [0.29, 0.717) is 35.7 Å². The van der Waals surface area contributed by atoms with Gasteiger partial charge in [0.1, 0.15) is 11.3 Å². The number of amides is 2. The number of hydrogen-bond acceptors (Lipinski definition) is 5. The van der Waals surface area contributed by atoms with Gasteiger partial charge in [-0.3, -0.25) is 4.79 Å². The molecule has 28 heavy (non-hydrogen) atoms. The van der Waals surface area contributed by atoms with Crippen LogP contribution in [0.2, 0.25) is 0 Å². The number of nitrogens with zero attached hydrogens (tertiary/aromatic N) is 3. The van der Waals surface area contributed by atoms with E-state index >= 15 is 0 Å². The first-order chi connectivity index (χ1) is 13.3. The highest BCUT2D eigenvalue weighted by atomic mass is 16.2. The lowest BCUT2D eigenvalue weighted by Gasteiger charge is -2.12. The zero-order valence-corrected chi connectivity index (χ0v) is 16.5. The second-order valence-corrected chi connectivity index (χ2v) is 6.73. The predicted octanol–water partition coefficient (Wildman–Crippen LogP) is 2.96. The maximum absolute atomic E-state index is 12.2. The van der Waals surface area contributed by atoms with Gasteiger partial charge >= 0.3 is 6.03 Å². The van der Waals surface area contributed by atoms with Crippen LogP contribution in [0.25, 0.3) is 11.0 Å². The number of fused-ring (bicyclic) bond motifs is 1. The fraction of sp³-hybridized carbons (Fsp3) is 0.300. The van der Waals surface area contributed by atoms with Gasteiger partial charge in [-0.2, -0.15) is 0 Å². The van der Waals surface area contributed by atoms with Crippen molar-refractivity contribution in [2.24, 2.45) is 0 Å². The smallest absolute Gasteiger partial charge is 0.319 e. The number of Topliss-reactive ketones (excluding diaryl/α,β-unsaturated/α-hetero) is 1. The second kappa shape index (κ2) is 7.67. The fourth-order valence-corrected chi connectivity index (χ4v) is 3.16. The minimum absolute atomic E-state index is 0.0501. The average Bonchev–Trinajstić information content (AvgIpc) is 2.97. The highest BCUT2D eigenvalue weighted by Crippen LogP contribution is 2.25. The molecule has 2 aromatic heterocycles. The first-order valence-electron chi connectivity index (χ1n) is 9.03. The molecule has 0 aliphatic carbocycles. The highest BCUT2D eigenvalue weighted by molar-refractivity contribution is 5.96. The van der Waals surface area contributed by atoms with Gasteiger partial charge in [-0.15, -0.1) is 0 Å². The second-order valence-electron chi connectivity index (χ2n) is 6.73. The van der Waals surface area contributed by atoms with Crippen LogP contribution in [-0.4, -0.2) is 32.9 Å². The summed E-state index contributed by atoms with van der Waals surface area (Å²) in [5, 5.41) is 5.57. The lowest BCUT2D eigenvalue weighted by Crippen LogP contribution is -2.31. The summed E-state index contributed by atoms with van der Waals surface area (Å²) in [5.74, 6) is 1.18. The van der Waals surface area contributed by atoms with E-state index in [-0.39, 0.29) is 11.8 Å². The molecule has 0 bridgehead atoms. The zero-order chi connectivity index (χ0) is 20.4. The molecule has 3 aromatic rings. The molecule has 4 N–H and O–H groups in total. The number of aromatic nitrogens is 3. The summed E-state index contributed by atoms with van der Waals surface area (Å²) in [7, 11) is 0. The summed E-state index contributed by atoms with van der Waals surface area (Å²) in [6.07, 6.45) is 0. The first-order valence-corrected chi connectivity index (χ1v) is 9.03. The molecule has 8 heteroatoms. The summed E-state index contributed by atoms with van der Waals surface area (Å²) in [6, 6.07) is 6.50. The number of hydrogen-bond donors (Lipinski definition) is 3. The van der Waals surface area contributed by atoms with Gasteiger partial charge < -0.3 is 20.9 Å². The number of nitrogen functional groups attached to an aromatic ring is 1. The molecule has 8 nitrogen and oxygen atoms in total. The number of ketones is 1. The summed E-state index contributed by atoms with van der Waals surface area (Å²) in [4.78, 5) is 32.5. The van der Waals surface area contributed by atoms with Crippen molar-refractivity contribution in [2.75, 3.05) is 17.6 Å². The van der Waals surface area contributed by atoms with Crippen molar-refractivity contribution in [3.05, 3.63) is 46.9 Å². The van der Waals surface area contributed by atoms with Crippen molar-refractivity contribution in [3.8, 4) is 0 Å². The Morgan fingerprint density at radius 1 is 1.18 bits per heavy atom. The van der Waals surface area contributed by atoms with E-state index in [9.17, 15) is 9.59 Å². The van der Waals surface area contributed by atoms with Gasteiger partial charge in [-0.25, -0.2) is 14.8 Å². The third kappa shape index (κ3) is 3.80. The van der Waals surface area contributed by atoms with Gasteiger partial charge in [0, 0.05) is 30.0 Å². The predicted molar refractivity (Wildman–Crippen MR) is 110 cm³/mol. The minimum atomic E-state index is -0.336. The SMILES string of the molecule is CC(=O)c1cccc(NC(=O)NCCn2c(C)nc3c(N)nc(C)c(C)c32)c1. The molecule has 146 valence electrons. The monoisotopic (exact) mass is 380 g/mol. The molecule has 2 heterocycles. The van der Waals surface area contributed by atoms with Crippen LogP contribution < -0.4 is 16.4 Å².